The zero-order chi connectivity index (χ0) is 14.1. The van der Waals surface area contributed by atoms with Crippen LogP contribution in [0.25, 0.3) is 11.0 Å². The molecule has 1 aliphatic heterocycles. The van der Waals surface area contributed by atoms with Gasteiger partial charge in [-0.1, -0.05) is 5.21 Å². The highest BCUT2D eigenvalue weighted by Crippen LogP contribution is 2.17. The Hall–Kier alpha value is -1.80. The van der Waals surface area contributed by atoms with E-state index in [4.69, 9.17) is 4.74 Å². The molecule has 0 bridgehead atoms. The zero-order valence-electron chi connectivity index (χ0n) is 11.6. The molecule has 0 radical (unpaired) electrons. The SMILES string of the molecule is CNC(Cn1nnc2c(cnn2C)c1=O)C1CCOC1. The molecule has 3 heterocycles. The molecule has 0 aromatic carbocycles. The van der Waals surface area contributed by atoms with Crippen LogP contribution < -0.4 is 10.9 Å². The molecule has 1 saturated heterocycles. The minimum Gasteiger partial charge on any atom is -0.381 e. The summed E-state index contributed by atoms with van der Waals surface area (Å²) in [6.07, 6.45) is 2.54. The highest BCUT2D eigenvalue weighted by Gasteiger charge is 2.25. The van der Waals surface area contributed by atoms with Gasteiger partial charge in [0, 0.05) is 25.6 Å². The Balaban J connectivity index is 1.89. The van der Waals surface area contributed by atoms with Gasteiger partial charge in [-0.2, -0.15) is 5.10 Å². The van der Waals surface area contributed by atoms with Gasteiger partial charge in [-0.25, -0.2) is 9.36 Å². The van der Waals surface area contributed by atoms with E-state index in [1.165, 1.54) is 10.9 Å². The maximum absolute atomic E-state index is 12.4. The third-order valence-electron chi connectivity index (χ3n) is 3.89. The van der Waals surface area contributed by atoms with Crippen molar-refractivity contribution in [1.29, 1.82) is 0 Å². The van der Waals surface area contributed by atoms with Gasteiger partial charge >= 0.3 is 0 Å². The van der Waals surface area contributed by atoms with E-state index in [1.807, 2.05) is 7.05 Å². The molecule has 1 N–H and O–H groups in total. The van der Waals surface area contributed by atoms with Crippen molar-refractivity contribution in [2.45, 2.75) is 19.0 Å². The van der Waals surface area contributed by atoms with Crippen molar-refractivity contribution in [3.8, 4) is 0 Å². The van der Waals surface area contributed by atoms with Crippen molar-refractivity contribution < 1.29 is 4.74 Å². The van der Waals surface area contributed by atoms with Gasteiger partial charge in [0.25, 0.3) is 5.56 Å². The number of aromatic nitrogens is 5. The Bertz CT molecular complexity index is 658. The summed E-state index contributed by atoms with van der Waals surface area (Å²) in [4.78, 5) is 12.4. The van der Waals surface area contributed by atoms with E-state index in [0.717, 1.165) is 19.6 Å². The van der Waals surface area contributed by atoms with Gasteiger partial charge in [0.05, 0.1) is 19.3 Å². The summed E-state index contributed by atoms with van der Waals surface area (Å²) in [6, 6.07) is 0.152. The number of hydrogen-bond acceptors (Lipinski definition) is 6. The fraction of sp³-hybridized carbons (Fsp3) is 0.667. The van der Waals surface area contributed by atoms with Crippen molar-refractivity contribution in [3.05, 3.63) is 16.6 Å². The van der Waals surface area contributed by atoms with E-state index >= 15 is 0 Å². The number of nitrogens with one attached hydrogen (secondary N) is 1. The summed E-state index contributed by atoms with van der Waals surface area (Å²) in [5.74, 6) is 0.401. The summed E-state index contributed by atoms with van der Waals surface area (Å²) in [5.41, 5.74) is 0.360. The van der Waals surface area contributed by atoms with Gasteiger partial charge in [-0.3, -0.25) is 4.79 Å². The fourth-order valence-corrected chi connectivity index (χ4v) is 2.63. The zero-order valence-corrected chi connectivity index (χ0v) is 11.6. The normalized spacial score (nSPS) is 20.6. The Labute approximate surface area is 115 Å². The molecule has 2 atom stereocenters. The molecule has 8 nitrogen and oxygen atoms in total. The average Bonchev–Trinajstić information content (AvgIpc) is 3.09. The molecular weight excluding hydrogens is 260 g/mol. The number of ether oxygens (including phenoxy) is 1. The second-order valence-corrected chi connectivity index (χ2v) is 5.10. The molecule has 2 unspecified atom stereocenters. The van der Waals surface area contributed by atoms with Crippen LogP contribution in [0, 0.1) is 5.92 Å². The molecule has 108 valence electrons. The lowest BCUT2D eigenvalue weighted by Crippen LogP contribution is -2.41. The first-order valence-corrected chi connectivity index (χ1v) is 6.71. The van der Waals surface area contributed by atoms with Crippen LogP contribution in [0.3, 0.4) is 0 Å². The summed E-state index contributed by atoms with van der Waals surface area (Å²) in [6.45, 7) is 2.00. The number of aryl methyl sites for hydroxylation is 1. The van der Waals surface area contributed by atoms with E-state index in [1.54, 1.807) is 11.7 Å². The van der Waals surface area contributed by atoms with Gasteiger partial charge in [-0.05, 0) is 13.5 Å². The minimum absolute atomic E-state index is 0.151. The molecule has 0 spiro atoms. The van der Waals surface area contributed by atoms with Gasteiger partial charge < -0.3 is 10.1 Å². The lowest BCUT2D eigenvalue weighted by atomic mass is 9.99. The third kappa shape index (κ3) is 2.20. The van der Waals surface area contributed by atoms with Gasteiger partial charge in [-0.15, -0.1) is 5.10 Å². The molecule has 0 amide bonds. The smallest absolute Gasteiger partial charge is 0.280 e. The lowest BCUT2D eigenvalue weighted by molar-refractivity contribution is 0.173. The summed E-state index contributed by atoms with van der Waals surface area (Å²) in [5, 5.41) is 15.9. The Morgan fingerprint density at radius 1 is 1.60 bits per heavy atom. The van der Waals surface area contributed by atoms with Gasteiger partial charge in [0.15, 0.2) is 5.65 Å². The van der Waals surface area contributed by atoms with Crippen LogP contribution in [0.1, 0.15) is 6.42 Å². The molecule has 1 aliphatic rings. The first-order chi connectivity index (χ1) is 9.70. The van der Waals surface area contributed by atoms with Crippen LogP contribution in [-0.2, 0) is 18.3 Å². The van der Waals surface area contributed by atoms with Crippen LogP contribution in [0.15, 0.2) is 11.0 Å². The van der Waals surface area contributed by atoms with Crippen LogP contribution in [0.5, 0.6) is 0 Å². The maximum Gasteiger partial charge on any atom is 0.280 e. The predicted molar refractivity (Wildman–Crippen MR) is 72.3 cm³/mol. The van der Waals surface area contributed by atoms with Crippen molar-refractivity contribution in [2.24, 2.45) is 13.0 Å². The van der Waals surface area contributed by atoms with Gasteiger partial charge in [0.1, 0.15) is 5.39 Å². The molecule has 20 heavy (non-hydrogen) atoms. The predicted octanol–water partition coefficient (Wildman–Crippen LogP) is -0.850. The fourth-order valence-electron chi connectivity index (χ4n) is 2.63. The lowest BCUT2D eigenvalue weighted by Gasteiger charge is -2.21. The summed E-state index contributed by atoms with van der Waals surface area (Å²) in [7, 11) is 3.64. The van der Waals surface area contributed by atoms with Gasteiger partial charge in [0.2, 0.25) is 0 Å². The summed E-state index contributed by atoms with van der Waals surface area (Å²) < 4.78 is 8.36. The molecule has 2 aromatic heterocycles. The second kappa shape index (κ2) is 5.29. The number of rotatable bonds is 4. The number of nitrogens with zero attached hydrogens (tertiary/aromatic N) is 5. The largest absolute Gasteiger partial charge is 0.381 e. The van der Waals surface area contributed by atoms with Crippen LogP contribution in [-0.4, -0.2) is 51.1 Å². The van der Waals surface area contributed by atoms with Crippen LogP contribution in [0.2, 0.25) is 0 Å². The number of likely N-dealkylation sites (N-methyl/N-ethyl adjacent to an activating group) is 1. The Morgan fingerprint density at radius 2 is 2.45 bits per heavy atom. The molecule has 1 fully saturated rings. The quantitative estimate of drug-likeness (QED) is 0.784. The topological polar surface area (TPSA) is 86.9 Å². The molecular formula is C12H18N6O2. The highest BCUT2D eigenvalue weighted by molar-refractivity contribution is 5.72. The van der Waals surface area contributed by atoms with E-state index in [-0.39, 0.29) is 11.6 Å². The number of fused-ring (bicyclic) bond motifs is 1. The first-order valence-electron chi connectivity index (χ1n) is 6.71. The summed E-state index contributed by atoms with van der Waals surface area (Å²) >= 11 is 0. The van der Waals surface area contributed by atoms with Crippen LogP contribution >= 0.6 is 0 Å². The highest BCUT2D eigenvalue weighted by atomic mass is 16.5. The molecule has 0 saturated carbocycles. The van der Waals surface area contributed by atoms with E-state index in [0.29, 0.717) is 23.5 Å². The van der Waals surface area contributed by atoms with Crippen molar-refractivity contribution in [3.63, 3.8) is 0 Å². The third-order valence-corrected chi connectivity index (χ3v) is 3.89. The Kier molecular flexibility index (Phi) is 3.49. The molecule has 0 aliphatic carbocycles. The van der Waals surface area contributed by atoms with Crippen LogP contribution in [0.4, 0.5) is 0 Å². The van der Waals surface area contributed by atoms with E-state index in [2.05, 4.69) is 20.7 Å². The van der Waals surface area contributed by atoms with Crippen molar-refractivity contribution in [2.75, 3.05) is 20.3 Å². The van der Waals surface area contributed by atoms with E-state index in [9.17, 15) is 4.79 Å². The molecule has 2 aromatic rings. The molecule has 8 heteroatoms. The minimum atomic E-state index is -0.151. The van der Waals surface area contributed by atoms with E-state index < -0.39 is 0 Å². The number of hydrogen-bond donors (Lipinski definition) is 1. The Morgan fingerprint density at radius 3 is 3.15 bits per heavy atom. The maximum atomic E-state index is 12.4. The molecule has 3 rings (SSSR count). The monoisotopic (exact) mass is 278 g/mol. The van der Waals surface area contributed by atoms with Crippen molar-refractivity contribution in [1.82, 2.24) is 30.1 Å². The standard InChI is InChI=1S/C12H18N6O2/c1-13-10(8-3-4-20-7-8)6-18-12(19)9-5-14-17(2)11(9)15-16-18/h5,8,10,13H,3-4,6-7H2,1-2H3. The first kappa shape index (κ1) is 13.2. The average molecular weight is 278 g/mol. The van der Waals surface area contributed by atoms with Crippen molar-refractivity contribution >= 4 is 11.0 Å². The second-order valence-electron chi connectivity index (χ2n) is 5.10.